The Morgan fingerprint density at radius 2 is 2.21 bits per heavy atom. The summed E-state index contributed by atoms with van der Waals surface area (Å²) in [7, 11) is 1.56. The van der Waals surface area contributed by atoms with Gasteiger partial charge in [-0.3, -0.25) is 14.7 Å². The van der Waals surface area contributed by atoms with E-state index in [4.69, 9.17) is 16.3 Å². The number of rotatable bonds is 2. The summed E-state index contributed by atoms with van der Waals surface area (Å²) in [6.07, 6.45) is 1.72. The molecular weight excluding hydrogens is 392 g/mol. The first-order chi connectivity index (χ1) is 14.0. The van der Waals surface area contributed by atoms with E-state index < -0.39 is 5.72 Å². The van der Waals surface area contributed by atoms with Gasteiger partial charge in [-0.15, -0.1) is 5.10 Å². The molecule has 2 atom stereocenters. The highest BCUT2D eigenvalue weighted by molar-refractivity contribution is 6.30. The maximum Gasteiger partial charge on any atom is 0.290 e. The summed E-state index contributed by atoms with van der Waals surface area (Å²) < 4.78 is 8.26. The number of carbonyl (C=O) groups excluding carboxylic acids is 1. The third kappa shape index (κ3) is 2.67. The fraction of sp³-hybridized carbons (Fsp3) is 0.300. The monoisotopic (exact) mass is 410 g/mol. The molecule has 2 unspecified atom stereocenters. The van der Waals surface area contributed by atoms with Gasteiger partial charge in [0.1, 0.15) is 5.82 Å². The molecule has 148 valence electrons. The number of hydrogen-bond donors (Lipinski definition) is 1. The van der Waals surface area contributed by atoms with Crippen LogP contribution in [0.4, 0.5) is 0 Å². The standard InChI is InChI=1S/C20H19ClN6O2/c1-12-10-26-11-17-24-18(19(28)22-2)25-27(17)15-7-6-13(21)9-14(15)20(26,29-12)16-5-3-4-8-23-16/h3-9,12H,10-11H2,1-2H3,(H,22,28). The average Bonchev–Trinajstić information content (AvgIpc) is 3.27. The van der Waals surface area contributed by atoms with E-state index in [1.807, 2.05) is 37.3 Å². The molecule has 29 heavy (non-hydrogen) atoms. The summed E-state index contributed by atoms with van der Waals surface area (Å²) in [6.45, 7) is 3.14. The second kappa shape index (κ2) is 6.62. The molecule has 8 nitrogen and oxygen atoms in total. The summed E-state index contributed by atoms with van der Waals surface area (Å²) in [5.41, 5.74) is 1.43. The number of hydrogen-bond acceptors (Lipinski definition) is 6. The molecule has 2 aliphatic rings. The number of nitrogens with one attached hydrogen (secondary N) is 1. The lowest BCUT2D eigenvalue weighted by atomic mass is 9.95. The molecule has 3 aromatic rings. The van der Waals surface area contributed by atoms with Crippen molar-refractivity contribution in [2.75, 3.05) is 13.6 Å². The van der Waals surface area contributed by atoms with Crippen molar-refractivity contribution in [1.82, 2.24) is 30.0 Å². The number of fused-ring (bicyclic) bond motifs is 5. The molecule has 9 heteroatoms. The van der Waals surface area contributed by atoms with Crippen molar-refractivity contribution in [3.05, 3.63) is 70.5 Å². The van der Waals surface area contributed by atoms with Crippen LogP contribution in [0.2, 0.25) is 5.02 Å². The van der Waals surface area contributed by atoms with Crippen LogP contribution >= 0.6 is 11.6 Å². The fourth-order valence-electron chi connectivity index (χ4n) is 4.16. The van der Waals surface area contributed by atoms with E-state index in [9.17, 15) is 4.79 Å². The quantitative estimate of drug-likeness (QED) is 0.696. The molecule has 0 spiro atoms. The number of carbonyl (C=O) groups is 1. The van der Waals surface area contributed by atoms with Gasteiger partial charge >= 0.3 is 0 Å². The Labute approximate surface area is 172 Å². The third-order valence-electron chi connectivity index (χ3n) is 5.30. The number of benzene rings is 1. The Morgan fingerprint density at radius 1 is 1.34 bits per heavy atom. The Morgan fingerprint density at radius 3 is 2.97 bits per heavy atom. The Kier molecular flexibility index (Phi) is 4.16. The molecule has 1 fully saturated rings. The van der Waals surface area contributed by atoms with Crippen LogP contribution in [-0.4, -0.2) is 50.3 Å². The van der Waals surface area contributed by atoms with E-state index in [2.05, 4.69) is 25.3 Å². The van der Waals surface area contributed by atoms with Crippen LogP contribution in [0.5, 0.6) is 0 Å². The molecule has 2 aliphatic heterocycles. The SMILES string of the molecule is CNC(=O)c1nc2n(n1)-c1ccc(Cl)cc1C1(c3ccccn3)OC(C)CN1C2. The fourth-order valence-corrected chi connectivity index (χ4v) is 4.33. The van der Waals surface area contributed by atoms with Gasteiger partial charge < -0.3 is 10.1 Å². The first kappa shape index (κ1) is 18.2. The van der Waals surface area contributed by atoms with E-state index >= 15 is 0 Å². The lowest BCUT2D eigenvalue weighted by molar-refractivity contribution is -0.0789. The zero-order chi connectivity index (χ0) is 20.2. The molecule has 5 rings (SSSR count). The molecular formula is C20H19ClN6O2. The Hall–Kier alpha value is -2.81. The number of amides is 1. The van der Waals surface area contributed by atoms with E-state index in [1.54, 1.807) is 24.0 Å². The molecule has 0 bridgehead atoms. The van der Waals surface area contributed by atoms with E-state index in [1.165, 1.54) is 0 Å². The zero-order valence-electron chi connectivity index (χ0n) is 16.0. The number of pyridine rings is 1. The van der Waals surface area contributed by atoms with Gasteiger partial charge in [0.25, 0.3) is 5.91 Å². The van der Waals surface area contributed by atoms with Gasteiger partial charge in [0.05, 0.1) is 24.0 Å². The predicted molar refractivity (Wildman–Crippen MR) is 106 cm³/mol. The van der Waals surface area contributed by atoms with Crippen molar-refractivity contribution in [3.8, 4) is 5.69 Å². The maximum atomic E-state index is 12.1. The Bertz CT molecular complexity index is 1100. The van der Waals surface area contributed by atoms with Gasteiger partial charge in [-0.05, 0) is 37.3 Å². The van der Waals surface area contributed by atoms with Gasteiger partial charge in [0.15, 0.2) is 5.72 Å². The maximum absolute atomic E-state index is 12.1. The van der Waals surface area contributed by atoms with Gasteiger partial charge in [-0.1, -0.05) is 17.7 Å². The van der Waals surface area contributed by atoms with Crippen LogP contribution in [0.15, 0.2) is 42.6 Å². The van der Waals surface area contributed by atoms with Crippen LogP contribution in [0.25, 0.3) is 5.69 Å². The number of aromatic nitrogens is 4. The summed E-state index contributed by atoms with van der Waals surface area (Å²) in [5.74, 6) is 0.452. The highest BCUT2D eigenvalue weighted by Gasteiger charge is 2.53. The topological polar surface area (TPSA) is 85.2 Å². The summed E-state index contributed by atoms with van der Waals surface area (Å²) >= 11 is 6.41. The molecule has 4 heterocycles. The first-order valence-electron chi connectivity index (χ1n) is 9.35. The summed E-state index contributed by atoms with van der Waals surface area (Å²) in [4.78, 5) is 23.4. The minimum absolute atomic E-state index is 0.0308. The lowest BCUT2D eigenvalue weighted by Crippen LogP contribution is -2.43. The molecule has 0 saturated carbocycles. The second-order valence-corrected chi connectivity index (χ2v) is 7.61. The van der Waals surface area contributed by atoms with Crippen molar-refractivity contribution >= 4 is 17.5 Å². The normalized spacial score (nSPS) is 23.1. The minimum Gasteiger partial charge on any atom is -0.352 e. The predicted octanol–water partition coefficient (Wildman–Crippen LogP) is 2.11. The van der Waals surface area contributed by atoms with Crippen molar-refractivity contribution in [3.63, 3.8) is 0 Å². The molecule has 0 aliphatic carbocycles. The molecule has 2 aromatic heterocycles. The minimum atomic E-state index is -0.920. The molecule has 1 amide bonds. The van der Waals surface area contributed by atoms with Crippen molar-refractivity contribution in [2.24, 2.45) is 0 Å². The van der Waals surface area contributed by atoms with E-state index in [-0.39, 0.29) is 17.8 Å². The van der Waals surface area contributed by atoms with Gasteiger partial charge in [0, 0.05) is 30.4 Å². The van der Waals surface area contributed by atoms with E-state index in [0.717, 1.165) is 16.9 Å². The van der Waals surface area contributed by atoms with Gasteiger partial charge in [-0.2, -0.15) is 0 Å². The van der Waals surface area contributed by atoms with E-state index in [0.29, 0.717) is 23.9 Å². The third-order valence-corrected chi connectivity index (χ3v) is 5.53. The first-order valence-corrected chi connectivity index (χ1v) is 9.73. The molecule has 1 N–H and O–H groups in total. The lowest BCUT2D eigenvalue weighted by Gasteiger charge is -2.36. The second-order valence-electron chi connectivity index (χ2n) is 7.17. The van der Waals surface area contributed by atoms with Gasteiger partial charge in [-0.25, -0.2) is 9.67 Å². The molecule has 1 saturated heterocycles. The van der Waals surface area contributed by atoms with Crippen LogP contribution in [0, 0.1) is 0 Å². The average molecular weight is 411 g/mol. The van der Waals surface area contributed by atoms with Crippen LogP contribution in [-0.2, 0) is 17.0 Å². The van der Waals surface area contributed by atoms with Crippen molar-refractivity contribution in [1.29, 1.82) is 0 Å². The number of nitrogens with zero attached hydrogens (tertiary/aromatic N) is 5. The van der Waals surface area contributed by atoms with Crippen LogP contribution < -0.4 is 5.32 Å². The zero-order valence-corrected chi connectivity index (χ0v) is 16.7. The molecule has 0 radical (unpaired) electrons. The Balaban J connectivity index is 1.81. The molecule has 1 aromatic carbocycles. The number of halogens is 1. The number of ether oxygens (including phenoxy) is 1. The highest BCUT2D eigenvalue weighted by Crippen LogP contribution is 2.47. The van der Waals surface area contributed by atoms with Crippen molar-refractivity contribution < 1.29 is 9.53 Å². The summed E-state index contributed by atoms with van der Waals surface area (Å²) in [5, 5.41) is 7.63. The summed E-state index contributed by atoms with van der Waals surface area (Å²) in [6, 6.07) is 11.3. The highest BCUT2D eigenvalue weighted by atomic mass is 35.5. The largest absolute Gasteiger partial charge is 0.352 e. The smallest absolute Gasteiger partial charge is 0.290 e. The van der Waals surface area contributed by atoms with Crippen LogP contribution in [0.1, 0.15) is 34.6 Å². The van der Waals surface area contributed by atoms with Crippen LogP contribution in [0.3, 0.4) is 0 Å². The van der Waals surface area contributed by atoms with Gasteiger partial charge in [0.2, 0.25) is 5.82 Å². The van der Waals surface area contributed by atoms with Crippen molar-refractivity contribution in [2.45, 2.75) is 25.3 Å².